The molecule has 18 heavy (non-hydrogen) atoms. The summed E-state index contributed by atoms with van der Waals surface area (Å²) in [5, 5.41) is 1.49. The van der Waals surface area contributed by atoms with Gasteiger partial charge in [-0.1, -0.05) is 24.3 Å². The van der Waals surface area contributed by atoms with Crippen LogP contribution >= 0.6 is 0 Å². The molecular formula is C13H9N4O-. The van der Waals surface area contributed by atoms with Crippen molar-refractivity contribution >= 4 is 21.8 Å². The van der Waals surface area contributed by atoms with Crippen LogP contribution in [-0.4, -0.2) is 4.98 Å². The van der Waals surface area contributed by atoms with Crippen molar-refractivity contribution in [2.75, 3.05) is 0 Å². The van der Waals surface area contributed by atoms with Gasteiger partial charge in [-0.05, 0) is 24.3 Å². The highest BCUT2D eigenvalue weighted by Gasteiger charge is 2.02. The minimum Gasteiger partial charge on any atom is -0.373 e. The van der Waals surface area contributed by atoms with E-state index in [1.54, 1.807) is 0 Å². The number of nitrogens with zero attached hydrogens (tertiary/aromatic N) is 3. The smallest absolute Gasteiger partial charge is 0.197 e. The first kappa shape index (κ1) is 11.7. The van der Waals surface area contributed by atoms with E-state index in [1.165, 1.54) is 4.91 Å². The van der Waals surface area contributed by atoms with E-state index in [9.17, 15) is 4.79 Å². The van der Waals surface area contributed by atoms with Gasteiger partial charge in [0.2, 0.25) is 0 Å². The SMILES string of the molecule is O=c1c2ccccc2[nH]c2ccccc12.[N-]=[N+]=[N-]. The highest BCUT2D eigenvalue weighted by Crippen LogP contribution is 2.13. The largest absolute Gasteiger partial charge is 0.373 e. The highest BCUT2D eigenvalue weighted by atomic mass is 16.1. The van der Waals surface area contributed by atoms with Crippen LogP contribution in [0.2, 0.25) is 0 Å². The van der Waals surface area contributed by atoms with Crippen molar-refractivity contribution in [2.45, 2.75) is 0 Å². The molecular weight excluding hydrogens is 228 g/mol. The highest BCUT2D eigenvalue weighted by molar-refractivity contribution is 5.92. The molecule has 0 saturated carbocycles. The van der Waals surface area contributed by atoms with Crippen molar-refractivity contribution in [3.63, 3.8) is 0 Å². The summed E-state index contributed by atoms with van der Waals surface area (Å²) in [6.07, 6.45) is 0. The molecule has 0 fully saturated rings. The van der Waals surface area contributed by atoms with Crippen LogP contribution in [0.15, 0.2) is 53.3 Å². The van der Waals surface area contributed by atoms with Crippen LogP contribution in [0.4, 0.5) is 0 Å². The Kier molecular flexibility index (Phi) is 3.27. The van der Waals surface area contributed by atoms with Gasteiger partial charge >= 0.3 is 0 Å². The number of hydrogen-bond donors (Lipinski definition) is 1. The minimum atomic E-state index is 0.0972. The summed E-state index contributed by atoms with van der Waals surface area (Å²) in [4.78, 5) is 16.8. The summed E-state index contributed by atoms with van der Waals surface area (Å²) in [6.45, 7) is 0. The fourth-order valence-electron chi connectivity index (χ4n) is 1.87. The van der Waals surface area contributed by atoms with Crippen molar-refractivity contribution in [3.8, 4) is 0 Å². The zero-order valence-electron chi connectivity index (χ0n) is 9.37. The van der Waals surface area contributed by atoms with Gasteiger partial charge in [-0.3, -0.25) is 9.71 Å². The number of aromatic amines is 1. The monoisotopic (exact) mass is 237 g/mol. The minimum absolute atomic E-state index is 0.0972. The van der Waals surface area contributed by atoms with Crippen molar-refractivity contribution in [1.29, 1.82) is 0 Å². The van der Waals surface area contributed by atoms with E-state index >= 15 is 0 Å². The predicted octanol–water partition coefficient (Wildman–Crippen LogP) is 3.55. The third-order valence-electron chi connectivity index (χ3n) is 2.61. The Balaban J connectivity index is 0.000000367. The summed E-state index contributed by atoms with van der Waals surface area (Å²) in [5.41, 5.74) is 15.4. The van der Waals surface area contributed by atoms with Crippen LogP contribution in [0.3, 0.4) is 0 Å². The van der Waals surface area contributed by atoms with Crippen LogP contribution in [-0.2, 0) is 0 Å². The molecule has 0 atom stereocenters. The Bertz CT molecular complexity index is 728. The molecule has 0 amide bonds. The van der Waals surface area contributed by atoms with Crippen LogP contribution in [0.1, 0.15) is 0 Å². The summed E-state index contributed by atoms with van der Waals surface area (Å²) >= 11 is 0. The first-order chi connectivity index (χ1) is 8.77. The van der Waals surface area contributed by atoms with Gasteiger partial charge in [0.1, 0.15) is 0 Å². The van der Waals surface area contributed by atoms with E-state index in [0.29, 0.717) is 0 Å². The van der Waals surface area contributed by atoms with E-state index in [4.69, 9.17) is 11.1 Å². The number of nitrogens with one attached hydrogen (secondary N) is 1. The second-order valence-corrected chi connectivity index (χ2v) is 3.63. The molecule has 1 heterocycles. The molecule has 0 radical (unpaired) electrons. The maximum absolute atomic E-state index is 12.1. The maximum Gasteiger partial charge on any atom is 0.197 e. The van der Waals surface area contributed by atoms with Gasteiger partial charge in [-0.15, -0.1) is 0 Å². The number of pyridine rings is 1. The molecule has 5 nitrogen and oxygen atoms in total. The fourth-order valence-corrected chi connectivity index (χ4v) is 1.87. The Morgan fingerprint density at radius 1 is 0.833 bits per heavy atom. The van der Waals surface area contributed by atoms with Crippen molar-refractivity contribution in [1.82, 2.24) is 4.98 Å². The average molecular weight is 237 g/mol. The van der Waals surface area contributed by atoms with E-state index in [1.807, 2.05) is 48.5 Å². The van der Waals surface area contributed by atoms with Crippen molar-refractivity contribution in [2.24, 2.45) is 0 Å². The van der Waals surface area contributed by atoms with E-state index in [0.717, 1.165) is 21.8 Å². The number of fused-ring (bicyclic) bond motifs is 2. The van der Waals surface area contributed by atoms with Crippen molar-refractivity contribution < 1.29 is 0 Å². The molecule has 0 aliphatic carbocycles. The lowest BCUT2D eigenvalue weighted by Gasteiger charge is -2.01. The summed E-state index contributed by atoms with van der Waals surface area (Å²) in [7, 11) is 0. The molecule has 1 N–H and O–H groups in total. The van der Waals surface area contributed by atoms with E-state index in [-0.39, 0.29) is 5.43 Å². The molecule has 0 aliphatic heterocycles. The second-order valence-electron chi connectivity index (χ2n) is 3.63. The average Bonchev–Trinajstić information content (AvgIpc) is 2.40. The standard InChI is InChI=1S/C13H9NO.N3/c15-13-9-5-1-3-7-11(9)14-12-8-4-2-6-10(12)13;1-3-2/h1-8H,(H,14,15);/q;-1. The molecule has 0 unspecified atom stereocenters. The molecule has 0 spiro atoms. The maximum atomic E-state index is 12.1. The molecule has 2 aromatic carbocycles. The van der Waals surface area contributed by atoms with E-state index in [2.05, 4.69) is 4.98 Å². The predicted molar refractivity (Wildman–Crippen MR) is 72.2 cm³/mol. The lowest BCUT2D eigenvalue weighted by atomic mass is 10.1. The molecule has 5 heteroatoms. The van der Waals surface area contributed by atoms with Crippen LogP contribution in [0.25, 0.3) is 37.8 Å². The first-order valence-corrected chi connectivity index (χ1v) is 5.26. The molecule has 0 aliphatic rings. The van der Waals surface area contributed by atoms with Crippen LogP contribution < -0.4 is 5.43 Å². The number of aromatic nitrogens is 1. The zero-order valence-corrected chi connectivity index (χ0v) is 9.37. The topological polar surface area (TPSA) is 91.6 Å². The van der Waals surface area contributed by atoms with Gasteiger partial charge in [0.15, 0.2) is 5.43 Å². The summed E-state index contributed by atoms with van der Waals surface area (Å²) < 4.78 is 0. The number of benzene rings is 2. The lowest BCUT2D eigenvalue weighted by molar-refractivity contribution is 1.48. The first-order valence-electron chi connectivity index (χ1n) is 5.26. The molecule has 0 bridgehead atoms. The second kappa shape index (κ2) is 5.03. The van der Waals surface area contributed by atoms with Gasteiger partial charge in [-0.25, -0.2) is 0 Å². The van der Waals surface area contributed by atoms with Gasteiger partial charge in [0, 0.05) is 21.8 Å². The molecule has 0 saturated heterocycles. The molecule has 3 rings (SSSR count). The van der Waals surface area contributed by atoms with E-state index < -0.39 is 0 Å². The van der Waals surface area contributed by atoms with Crippen LogP contribution in [0.5, 0.6) is 0 Å². The van der Waals surface area contributed by atoms with Gasteiger partial charge in [0.05, 0.1) is 0 Å². The Morgan fingerprint density at radius 2 is 1.22 bits per heavy atom. The third-order valence-corrected chi connectivity index (χ3v) is 2.61. The number of rotatable bonds is 0. The van der Waals surface area contributed by atoms with Crippen molar-refractivity contribution in [3.05, 3.63) is 74.7 Å². The lowest BCUT2D eigenvalue weighted by Crippen LogP contribution is -2.03. The zero-order chi connectivity index (χ0) is 13.0. The Morgan fingerprint density at radius 3 is 1.67 bits per heavy atom. The van der Waals surface area contributed by atoms with Gasteiger partial charge in [0.25, 0.3) is 0 Å². The van der Waals surface area contributed by atoms with Crippen LogP contribution in [0, 0.1) is 0 Å². The number of H-pyrrole nitrogens is 1. The molecule has 1 aromatic heterocycles. The summed E-state index contributed by atoms with van der Waals surface area (Å²) in [6, 6.07) is 15.1. The van der Waals surface area contributed by atoms with Gasteiger partial charge in [-0.2, -0.15) is 0 Å². The van der Waals surface area contributed by atoms with Gasteiger partial charge < -0.3 is 16.0 Å². The normalized spacial score (nSPS) is 9.56. The molecule has 3 aromatic rings. The number of para-hydroxylation sites is 2. The Labute approximate surface area is 102 Å². The quantitative estimate of drug-likeness (QED) is 0.275. The summed E-state index contributed by atoms with van der Waals surface area (Å²) in [5.74, 6) is 0. The Hall–Kier alpha value is -2.78. The third kappa shape index (κ3) is 2.03. The fraction of sp³-hybridized carbons (Fsp3) is 0. The molecule has 88 valence electrons. The number of hydrogen-bond acceptors (Lipinski definition) is 1.